The van der Waals surface area contributed by atoms with Gasteiger partial charge in [-0.15, -0.1) is 0 Å². The number of carbonyl (C=O) groups excluding carboxylic acids is 2. The maximum Gasteiger partial charge on any atom is 0.331 e. The molecule has 0 spiro atoms. The molecule has 8 nitrogen and oxygen atoms in total. The molecule has 1 aromatic rings. The first-order valence-corrected chi connectivity index (χ1v) is 6.60. The summed E-state index contributed by atoms with van der Waals surface area (Å²) in [5.74, 6) is -1.58. The highest BCUT2D eigenvalue weighted by Crippen LogP contribution is 2.26. The number of rotatable bonds is 8. The molecule has 0 radical (unpaired) electrons. The minimum absolute atomic E-state index is 0.0470. The van der Waals surface area contributed by atoms with Crippen molar-refractivity contribution in [1.29, 1.82) is 0 Å². The van der Waals surface area contributed by atoms with Crippen molar-refractivity contribution >= 4 is 17.8 Å². The molecule has 0 aliphatic carbocycles. The van der Waals surface area contributed by atoms with Gasteiger partial charge < -0.3 is 29.9 Å². The zero-order valence-corrected chi connectivity index (χ0v) is 12.4. The van der Waals surface area contributed by atoms with Crippen LogP contribution in [0.1, 0.15) is 5.56 Å². The Bertz CT molecular complexity index is 581. The van der Waals surface area contributed by atoms with Gasteiger partial charge in [0.05, 0.1) is 13.7 Å². The Kier molecular flexibility index (Phi) is 7.20. The summed E-state index contributed by atoms with van der Waals surface area (Å²) in [6.45, 7) is -1.52. The SMILES string of the molecule is COc1cc(C=CC(=O)OCC(=O)[C@@H](O)[C@H](O)CO)ccc1O. The lowest BCUT2D eigenvalue weighted by atomic mass is 10.1. The molecule has 0 unspecified atom stereocenters. The Balaban J connectivity index is 2.55. The van der Waals surface area contributed by atoms with Crippen LogP contribution in [0.5, 0.6) is 11.5 Å². The zero-order chi connectivity index (χ0) is 17.4. The predicted octanol–water partition coefficient (Wildman–Crippen LogP) is -0.760. The molecular formula is C15H18O8. The number of phenols is 1. The number of aliphatic hydroxyl groups excluding tert-OH is 3. The molecule has 0 aromatic heterocycles. The number of ketones is 1. The second kappa shape index (κ2) is 8.89. The summed E-state index contributed by atoms with van der Waals surface area (Å²) < 4.78 is 9.53. The van der Waals surface area contributed by atoms with E-state index < -0.39 is 37.2 Å². The van der Waals surface area contributed by atoms with Gasteiger partial charge in [-0.25, -0.2) is 4.79 Å². The van der Waals surface area contributed by atoms with E-state index in [1.807, 2.05) is 0 Å². The maximum atomic E-state index is 11.5. The van der Waals surface area contributed by atoms with E-state index in [0.717, 1.165) is 6.08 Å². The first-order valence-electron chi connectivity index (χ1n) is 6.60. The van der Waals surface area contributed by atoms with Gasteiger partial charge in [-0.05, 0) is 23.8 Å². The molecule has 0 saturated heterocycles. The van der Waals surface area contributed by atoms with Crippen molar-refractivity contribution in [1.82, 2.24) is 0 Å². The molecule has 126 valence electrons. The van der Waals surface area contributed by atoms with Gasteiger partial charge in [0.15, 0.2) is 18.1 Å². The fraction of sp³-hybridized carbons (Fsp3) is 0.333. The topological polar surface area (TPSA) is 134 Å². The van der Waals surface area contributed by atoms with Gasteiger partial charge in [-0.3, -0.25) is 4.79 Å². The molecule has 0 fully saturated rings. The van der Waals surface area contributed by atoms with Crippen LogP contribution in [0.25, 0.3) is 6.08 Å². The van der Waals surface area contributed by atoms with Crippen LogP contribution < -0.4 is 4.74 Å². The largest absolute Gasteiger partial charge is 0.504 e. The van der Waals surface area contributed by atoms with Crippen LogP contribution in [-0.4, -0.2) is 64.7 Å². The number of Topliss-reactive ketones (excluding diaryl/α,β-unsaturated/α-hetero) is 1. The third-order valence-electron chi connectivity index (χ3n) is 2.85. The normalized spacial score (nSPS) is 13.6. The summed E-state index contributed by atoms with van der Waals surface area (Å²) >= 11 is 0. The lowest BCUT2D eigenvalue weighted by Gasteiger charge is -2.13. The number of benzene rings is 1. The Morgan fingerprint density at radius 2 is 2.00 bits per heavy atom. The Morgan fingerprint density at radius 3 is 2.61 bits per heavy atom. The average Bonchev–Trinajstić information content (AvgIpc) is 2.57. The third kappa shape index (κ3) is 5.70. The van der Waals surface area contributed by atoms with Crippen molar-refractivity contribution in [2.45, 2.75) is 12.2 Å². The average molecular weight is 326 g/mol. The molecule has 0 bridgehead atoms. The van der Waals surface area contributed by atoms with Crippen LogP contribution >= 0.6 is 0 Å². The maximum absolute atomic E-state index is 11.5. The fourth-order valence-electron chi connectivity index (χ4n) is 1.55. The number of hydrogen-bond acceptors (Lipinski definition) is 8. The van der Waals surface area contributed by atoms with Gasteiger partial charge in [-0.1, -0.05) is 6.07 Å². The van der Waals surface area contributed by atoms with Crippen LogP contribution in [0.2, 0.25) is 0 Å². The molecule has 0 aliphatic rings. The van der Waals surface area contributed by atoms with Gasteiger partial charge in [0.25, 0.3) is 0 Å². The van der Waals surface area contributed by atoms with E-state index >= 15 is 0 Å². The number of ether oxygens (including phenoxy) is 2. The molecule has 8 heteroatoms. The van der Waals surface area contributed by atoms with Crippen molar-refractivity contribution in [2.24, 2.45) is 0 Å². The lowest BCUT2D eigenvalue weighted by molar-refractivity contribution is -0.149. The Morgan fingerprint density at radius 1 is 1.30 bits per heavy atom. The van der Waals surface area contributed by atoms with Gasteiger partial charge in [-0.2, -0.15) is 0 Å². The molecule has 0 aliphatic heterocycles. The van der Waals surface area contributed by atoms with E-state index in [0.29, 0.717) is 5.56 Å². The zero-order valence-electron chi connectivity index (χ0n) is 12.4. The van der Waals surface area contributed by atoms with Crippen molar-refractivity contribution in [3.05, 3.63) is 29.8 Å². The molecule has 0 amide bonds. The number of aromatic hydroxyl groups is 1. The molecule has 2 atom stereocenters. The third-order valence-corrected chi connectivity index (χ3v) is 2.85. The van der Waals surface area contributed by atoms with Gasteiger partial charge in [0, 0.05) is 6.08 Å². The van der Waals surface area contributed by atoms with Crippen LogP contribution in [0.3, 0.4) is 0 Å². The monoisotopic (exact) mass is 326 g/mol. The quantitative estimate of drug-likeness (QED) is 0.362. The van der Waals surface area contributed by atoms with E-state index in [4.69, 9.17) is 14.9 Å². The van der Waals surface area contributed by atoms with E-state index in [9.17, 15) is 19.8 Å². The Hall–Kier alpha value is -2.42. The number of phenolic OH excluding ortho intramolecular Hbond substituents is 1. The van der Waals surface area contributed by atoms with Crippen molar-refractivity contribution in [3.63, 3.8) is 0 Å². The number of carbonyl (C=O) groups is 2. The Labute approximate surface area is 132 Å². The first kappa shape index (κ1) is 18.6. The predicted molar refractivity (Wildman–Crippen MR) is 78.8 cm³/mol. The van der Waals surface area contributed by atoms with Crippen molar-refractivity contribution in [3.8, 4) is 11.5 Å². The highest BCUT2D eigenvalue weighted by Gasteiger charge is 2.24. The summed E-state index contributed by atoms with van der Waals surface area (Å²) in [5, 5.41) is 36.4. The van der Waals surface area contributed by atoms with Crippen molar-refractivity contribution < 1.29 is 39.5 Å². The van der Waals surface area contributed by atoms with Gasteiger partial charge >= 0.3 is 5.97 Å². The molecule has 0 saturated carbocycles. The molecule has 23 heavy (non-hydrogen) atoms. The summed E-state index contributed by atoms with van der Waals surface area (Å²) in [6, 6.07) is 4.42. The second-order valence-corrected chi connectivity index (χ2v) is 4.53. The van der Waals surface area contributed by atoms with Gasteiger partial charge in [0.1, 0.15) is 12.2 Å². The number of methoxy groups -OCH3 is 1. The molecular weight excluding hydrogens is 308 g/mol. The van der Waals surface area contributed by atoms with Crippen LogP contribution in [0.4, 0.5) is 0 Å². The van der Waals surface area contributed by atoms with E-state index in [2.05, 4.69) is 4.74 Å². The van der Waals surface area contributed by atoms with E-state index in [-0.39, 0.29) is 11.5 Å². The van der Waals surface area contributed by atoms with Crippen LogP contribution in [-0.2, 0) is 14.3 Å². The standard InChI is InChI=1S/C15H18O8/c1-22-13-6-9(2-4-10(13)17)3-5-14(20)23-8-12(19)15(21)11(18)7-16/h2-6,11,15-18,21H,7-8H2,1H3/t11-,15+/m1/s1. The smallest absolute Gasteiger partial charge is 0.331 e. The number of aliphatic hydroxyl groups is 3. The molecule has 0 heterocycles. The fourth-order valence-corrected chi connectivity index (χ4v) is 1.55. The summed E-state index contributed by atoms with van der Waals surface area (Å²) in [6.07, 6.45) is -1.01. The summed E-state index contributed by atoms with van der Waals surface area (Å²) in [5.41, 5.74) is 0.554. The minimum Gasteiger partial charge on any atom is -0.504 e. The lowest BCUT2D eigenvalue weighted by Crippen LogP contribution is -2.38. The second-order valence-electron chi connectivity index (χ2n) is 4.53. The van der Waals surface area contributed by atoms with Crippen molar-refractivity contribution in [2.75, 3.05) is 20.3 Å². The highest BCUT2D eigenvalue weighted by molar-refractivity contribution is 5.91. The molecule has 1 rings (SSSR count). The summed E-state index contributed by atoms with van der Waals surface area (Å²) in [4.78, 5) is 22.8. The molecule has 1 aromatic carbocycles. The van der Waals surface area contributed by atoms with E-state index in [1.54, 1.807) is 0 Å². The number of hydrogen-bond donors (Lipinski definition) is 4. The minimum atomic E-state index is -1.82. The van der Waals surface area contributed by atoms with Crippen LogP contribution in [0.15, 0.2) is 24.3 Å². The highest BCUT2D eigenvalue weighted by atomic mass is 16.5. The first-order chi connectivity index (χ1) is 10.9. The number of esters is 1. The summed E-state index contributed by atoms with van der Waals surface area (Å²) in [7, 11) is 1.38. The van der Waals surface area contributed by atoms with Crippen LogP contribution in [0, 0.1) is 0 Å². The van der Waals surface area contributed by atoms with E-state index in [1.165, 1.54) is 31.4 Å². The van der Waals surface area contributed by atoms with Gasteiger partial charge in [0.2, 0.25) is 5.78 Å². The molecule has 4 N–H and O–H groups in total.